The van der Waals surface area contributed by atoms with E-state index in [4.69, 9.17) is 16.1 Å². The average Bonchev–Trinajstić information content (AvgIpc) is 3.17. The predicted molar refractivity (Wildman–Crippen MR) is 88.9 cm³/mol. The Bertz CT molecular complexity index is 741. The van der Waals surface area contributed by atoms with E-state index < -0.39 is 0 Å². The zero-order valence-corrected chi connectivity index (χ0v) is 13.9. The molecule has 1 unspecified atom stereocenters. The summed E-state index contributed by atoms with van der Waals surface area (Å²) in [7, 11) is 2.03. The van der Waals surface area contributed by atoms with Crippen LogP contribution in [0.2, 0.25) is 5.02 Å². The molecule has 6 heteroatoms. The van der Waals surface area contributed by atoms with Crippen molar-refractivity contribution in [2.24, 2.45) is 0 Å². The van der Waals surface area contributed by atoms with Crippen molar-refractivity contribution in [3.63, 3.8) is 0 Å². The van der Waals surface area contributed by atoms with E-state index in [1.54, 1.807) is 11.3 Å². The van der Waals surface area contributed by atoms with Crippen molar-refractivity contribution >= 4 is 22.9 Å². The third-order valence-electron chi connectivity index (χ3n) is 3.52. The van der Waals surface area contributed by atoms with Gasteiger partial charge >= 0.3 is 0 Å². The summed E-state index contributed by atoms with van der Waals surface area (Å²) in [5.41, 5.74) is 1.15. The molecule has 0 bridgehead atoms. The quantitative estimate of drug-likeness (QED) is 0.682. The van der Waals surface area contributed by atoms with Crippen LogP contribution >= 0.6 is 22.9 Å². The second kappa shape index (κ2) is 6.60. The molecule has 0 aliphatic rings. The van der Waals surface area contributed by atoms with Crippen LogP contribution in [-0.4, -0.2) is 22.1 Å². The minimum absolute atomic E-state index is 0.0280. The fourth-order valence-electron chi connectivity index (χ4n) is 2.16. The summed E-state index contributed by atoms with van der Waals surface area (Å²) in [6.45, 7) is 2.81. The van der Waals surface area contributed by atoms with Gasteiger partial charge in [-0.25, -0.2) is 0 Å². The zero-order chi connectivity index (χ0) is 15.5. The summed E-state index contributed by atoms with van der Waals surface area (Å²) in [5, 5.41) is 6.81. The van der Waals surface area contributed by atoms with Gasteiger partial charge in [0.15, 0.2) is 0 Å². The monoisotopic (exact) mass is 333 g/mol. The van der Waals surface area contributed by atoms with Gasteiger partial charge in [-0.2, -0.15) is 4.98 Å². The van der Waals surface area contributed by atoms with Crippen LogP contribution < -0.4 is 0 Å². The van der Waals surface area contributed by atoms with Gasteiger partial charge in [0.2, 0.25) is 11.7 Å². The molecule has 4 nitrogen and oxygen atoms in total. The molecule has 1 atom stereocenters. The second-order valence-electron chi connectivity index (χ2n) is 5.15. The molecule has 0 fully saturated rings. The lowest BCUT2D eigenvalue weighted by atomic mass is 10.2. The molecule has 0 saturated carbocycles. The first-order chi connectivity index (χ1) is 10.6. The minimum atomic E-state index is 0.0280. The van der Waals surface area contributed by atoms with Crippen LogP contribution in [0.15, 0.2) is 46.3 Å². The van der Waals surface area contributed by atoms with Crippen molar-refractivity contribution in [3.05, 3.63) is 58.3 Å². The Morgan fingerprint density at radius 1 is 1.32 bits per heavy atom. The molecule has 1 aromatic carbocycles. The number of hydrogen-bond donors (Lipinski definition) is 0. The fraction of sp³-hybridized carbons (Fsp3) is 0.250. The van der Waals surface area contributed by atoms with Crippen molar-refractivity contribution < 1.29 is 4.52 Å². The van der Waals surface area contributed by atoms with Crippen LogP contribution in [-0.2, 0) is 6.54 Å². The molecular formula is C16H16ClN3OS. The third kappa shape index (κ3) is 3.38. The number of thiophene rings is 1. The molecule has 0 N–H and O–H groups in total. The molecule has 0 aliphatic heterocycles. The van der Waals surface area contributed by atoms with Gasteiger partial charge in [-0.3, -0.25) is 4.90 Å². The molecule has 0 spiro atoms. The van der Waals surface area contributed by atoms with Gasteiger partial charge < -0.3 is 4.52 Å². The summed E-state index contributed by atoms with van der Waals surface area (Å²) in [6.07, 6.45) is 0. The number of nitrogens with zero attached hydrogens (tertiary/aromatic N) is 3. The maximum absolute atomic E-state index is 6.03. The van der Waals surface area contributed by atoms with E-state index in [1.807, 2.05) is 42.8 Å². The van der Waals surface area contributed by atoms with E-state index in [1.165, 1.54) is 0 Å². The van der Waals surface area contributed by atoms with Crippen LogP contribution in [0.4, 0.5) is 0 Å². The molecule has 0 aliphatic carbocycles. The Morgan fingerprint density at radius 3 is 2.91 bits per heavy atom. The summed E-state index contributed by atoms with van der Waals surface area (Å²) in [4.78, 5) is 7.66. The van der Waals surface area contributed by atoms with E-state index >= 15 is 0 Å². The van der Waals surface area contributed by atoms with Crippen molar-refractivity contribution in [2.45, 2.75) is 19.5 Å². The Balaban J connectivity index is 1.72. The second-order valence-corrected chi connectivity index (χ2v) is 6.54. The molecule has 3 rings (SSSR count). The predicted octanol–water partition coefficient (Wildman–Crippen LogP) is 4.64. The Labute approximate surface area is 138 Å². The van der Waals surface area contributed by atoms with Crippen molar-refractivity contribution in [2.75, 3.05) is 7.05 Å². The molecule has 114 valence electrons. The largest absolute Gasteiger partial charge is 0.337 e. The lowest BCUT2D eigenvalue weighted by Gasteiger charge is -2.21. The maximum atomic E-state index is 6.03. The first-order valence-corrected chi connectivity index (χ1v) is 8.21. The SMILES string of the molecule is CC(c1nc(-c2cccs2)no1)N(C)Cc1cccc(Cl)c1. The highest BCUT2D eigenvalue weighted by Crippen LogP contribution is 2.25. The van der Waals surface area contributed by atoms with Gasteiger partial charge in [0, 0.05) is 11.6 Å². The zero-order valence-electron chi connectivity index (χ0n) is 12.4. The van der Waals surface area contributed by atoms with Crippen LogP contribution in [0, 0.1) is 0 Å². The van der Waals surface area contributed by atoms with Crippen LogP contribution in [0.25, 0.3) is 10.7 Å². The maximum Gasteiger partial charge on any atom is 0.244 e. The molecule has 0 radical (unpaired) electrons. The molecule has 2 aromatic heterocycles. The Hall–Kier alpha value is -1.69. The molecular weight excluding hydrogens is 318 g/mol. The molecule has 22 heavy (non-hydrogen) atoms. The lowest BCUT2D eigenvalue weighted by Crippen LogP contribution is -2.22. The van der Waals surface area contributed by atoms with Crippen LogP contribution in [0.5, 0.6) is 0 Å². The number of hydrogen-bond acceptors (Lipinski definition) is 5. The third-order valence-corrected chi connectivity index (χ3v) is 4.62. The van der Waals surface area contributed by atoms with Gasteiger partial charge in [0.25, 0.3) is 0 Å². The highest BCUT2D eigenvalue weighted by atomic mass is 35.5. The topological polar surface area (TPSA) is 42.2 Å². The minimum Gasteiger partial charge on any atom is -0.337 e. The summed E-state index contributed by atoms with van der Waals surface area (Å²) in [5.74, 6) is 1.26. The van der Waals surface area contributed by atoms with E-state index in [9.17, 15) is 0 Å². The average molecular weight is 334 g/mol. The van der Waals surface area contributed by atoms with Crippen molar-refractivity contribution in [1.82, 2.24) is 15.0 Å². The first kappa shape index (κ1) is 15.2. The molecule has 0 saturated heterocycles. The van der Waals surface area contributed by atoms with Crippen LogP contribution in [0.1, 0.15) is 24.4 Å². The smallest absolute Gasteiger partial charge is 0.244 e. The number of aromatic nitrogens is 2. The summed E-state index contributed by atoms with van der Waals surface area (Å²) < 4.78 is 5.41. The number of rotatable bonds is 5. The standard InChI is InChI=1S/C16H16ClN3OS/c1-11(20(2)10-12-5-3-6-13(17)9-12)16-18-15(19-21-16)14-7-4-8-22-14/h3-9,11H,10H2,1-2H3. The van der Waals surface area contributed by atoms with E-state index in [0.29, 0.717) is 11.7 Å². The normalized spacial score (nSPS) is 12.7. The van der Waals surface area contributed by atoms with E-state index in [2.05, 4.69) is 28.0 Å². The number of benzene rings is 1. The van der Waals surface area contributed by atoms with Gasteiger partial charge in [-0.05, 0) is 43.1 Å². The van der Waals surface area contributed by atoms with Crippen LogP contribution in [0.3, 0.4) is 0 Å². The summed E-state index contributed by atoms with van der Waals surface area (Å²) in [6, 6.07) is 11.8. The fourth-order valence-corrected chi connectivity index (χ4v) is 3.02. The first-order valence-electron chi connectivity index (χ1n) is 6.95. The van der Waals surface area contributed by atoms with Gasteiger partial charge in [0.1, 0.15) is 0 Å². The van der Waals surface area contributed by atoms with E-state index in [0.717, 1.165) is 22.0 Å². The molecule has 2 heterocycles. The highest BCUT2D eigenvalue weighted by molar-refractivity contribution is 7.13. The number of halogens is 1. The van der Waals surface area contributed by atoms with Crippen molar-refractivity contribution in [3.8, 4) is 10.7 Å². The van der Waals surface area contributed by atoms with E-state index in [-0.39, 0.29) is 6.04 Å². The van der Waals surface area contributed by atoms with Gasteiger partial charge in [-0.1, -0.05) is 35.0 Å². The Morgan fingerprint density at radius 2 is 2.18 bits per heavy atom. The van der Waals surface area contributed by atoms with Crippen molar-refractivity contribution in [1.29, 1.82) is 0 Å². The lowest BCUT2D eigenvalue weighted by molar-refractivity contribution is 0.202. The summed E-state index contributed by atoms with van der Waals surface area (Å²) >= 11 is 7.63. The molecule has 0 amide bonds. The molecule has 3 aromatic rings. The van der Waals surface area contributed by atoms with Gasteiger partial charge in [-0.15, -0.1) is 11.3 Å². The Kier molecular flexibility index (Phi) is 4.57. The van der Waals surface area contributed by atoms with Gasteiger partial charge in [0.05, 0.1) is 10.9 Å². The highest BCUT2D eigenvalue weighted by Gasteiger charge is 2.19.